The second-order valence-corrected chi connectivity index (χ2v) is 8.50. The molecule has 1 aliphatic heterocycles. The first kappa shape index (κ1) is 22.8. The highest BCUT2D eigenvalue weighted by Gasteiger charge is 2.19. The van der Waals surface area contributed by atoms with Crippen LogP contribution in [0.1, 0.15) is 5.56 Å². The van der Waals surface area contributed by atoms with E-state index in [0.29, 0.717) is 11.7 Å². The largest absolute Gasteiger partial charge is 0.497 e. The molecule has 4 rings (SSSR count). The minimum atomic E-state index is -0.292. The average molecular weight is 468 g/mol. The molecular weight excluding hydrogens is 441 g/mol. The van der Waals surface area contributed by atoms with Gasteiger partial charge in [-0.05, 0) is 48.0 Å². The van der Waals surface area contributed by atoms with Crippen LogP contribution in [-0.2, 0) is 11.3 Å². The highest BCUT2D eigenvalue weighted by molar-refractivity contribution is 7.99. The standard InChI is InChI=1S/C24H26FN5O2S/c1-32-21-8-6-20(7-9-21)29-12-14-30(15-13-29)22-10-11-26-24(28-22)33-17-23(31)27-16-18-2-4-19(25)5-3-18/h2-11H,12-17H2,1H3,(H,27,31). The quantitative estimate of drug-likeness (QED) is 0.402. The maximum atomic E-state index is 13.0. The molecule has 9 heteroatoms. The number of amides is 1. The molecular formula is C24H26FN5O2S. The number of carbonyl (C=O) groups is 1. The van der Waals surface area contributed by atoms with E-state index < -0.39 is 0 Å². The van der Waals surface area contributed by atoms with Gasteiger partial charge in [0, 0.05) is 44.6 Å². The number of nitrogens with zero attached hydrogens (tertiary/aromatic N) is 4. The molecule has 2 heterocycles. The van der Waals surface area contributed by atoms with E-state index in [9.17, 15) is 9.18 Å². The normalized spacial score (nSPS) is 13.6. The molecule has 1 fully saturated rings. The summed E-state index contributed by atoms with van der Waals surface area (Å²) in [5.74, 6) is 1.53. The molecule has 0 unspecified atom stereocenters. The van der Waals surface area contributed by atoms with Crippen molar-refractivity contribution in [3.05, 3.63) is 72.2 Å². The summed E-state index contributed by atoms with van der Waals surface area (Å²) in [6.07, 6.45) is 1.73. The van der Waals surface area contributed by atoms with E-state index in [1.165, 1.54) is 29.6 Å². The van der Waals surface area contributed by atoms with Gasteiger partial charge in [0.1, 0.15) is 17.4 Å². The average Bonchev–Trinajstić information content (AvgIpc) is 2.87. The molecule has 0 spiro atoms. The van der Waals surface area contributed by atoms with E-state index in [4.69, 9.17) is 4.74 Å². The number of ether oxygens (including phenoxy) is 1. The lowest BCUT2D eigenvalue weighted by Gasteiger charge is -2.36. The van der Waals surface area contributed by atoms with Gasteiger partial charge < -0.3 is 19.9 Å². The number of aromatic nitrogens is 2. The Morgan fingerprint density at radius 1 is 1.03 bits per heavy atom. The van der Waals surface area contributed by atoms with Gasteiger partial charge in [-0.15, -0.1) is 0 Å². The summed E-state index contributed by atoms with van der Waals surface area (Å²) in [7, 11) is 1.67. The third-order valence-electron chi connectivity index (χ3n) is 5.40. The van der Waals surface area contributed by atoms with Crippen LogP contribution < -0.4 is 19.9 Å². The molecule has 2 aromatic carbocycles. The van der Waals surface area contributed by atoms with Gasteiger partial charge >= 0.3 is 0 Å². The first-order chi connectivity index (χ1) is 16.1. The molecule has 7 nitrogen and oxygen atoms in total. The molecule has 1 amide bonds. The lowest BCUT2D eigenvalue weighted by molar-refractivity contribution is -0.118. The number of benzene rings is 2. The Kier molecular flexibility index (Phi) is 7.62. The number of anilines is 2. The van der Waals surface area contributed by atoms with Gasteiger partial charge in [-0.2, -0.15) is 0 Å². The summed E-state index contributed by atoms with van der Waals surface area (Å²) >= 11 is 1.30. The van der Waals surface area contributed by atoms with Gasteiger partial charge in [0.25, 0.3) is 0 Å². The number of methoxy groups -OCH3 is 1. The van der Waals surface area contributed by atoms with Gasteiger partial charge in [0.2, 0.25) is 5.91 Å². The van der Waals surface area contributed by atoms with Crippen LogP contribution in [0.3, 0.4) is 0 Å². The molecule has 1 saturated heterocycles. The van der Waals surface area contributed by atoms with Gasteiger partial charge in [-0.25, -0.2) is 14.4 Å². The maximum Gasteiger partial charge on any atom is 0.230 e. The smallest absolute Gasteiger partial charge is 0.230 e. The zero-order valence-electron chi connectivity index (χ0n) is 18.4. The number of carbonyl (C=O) groups excluding carboxylic acids is 1. The number of rotatable bonds is 8. The van der Waals surface area contributed by atoms with Crippen molar-refractivity contribution in [1.29, 1.82) is 0 Å². The summed E-state index contributed by atoms with van der Waals surface area (Å²) in [5.41, 5.74) is 2.03. The molecule has 172 valence electrons. The zero-order chi connectivity index (χ0) is 23.0. The van der Waals surface area contributed by atoms with Crippen molar-refractivity contribution in [2.75, 3.05) is 48.8 Å². The lowest BCUT2D eigenvalue weighted by atomic mass is 10.2. The van der Waals surface area contributed by atoms with Crippen molar-refractivity contribution in [3.63, 3.8) is 0 Å². The van der Waals surface area contributed by atoms with Crippen molar-refractivity contribution < 1.29 is 13.9 Å². The Morgan fingerprint density at radius 2 is 1.73 bits per heavy atom. The molecule has 1 aliphatic rings. The lowest BCUT2D eigenvalue weighted by Crippen LogP contribution is -2.46. The van der Waals surface area contributed by atoms with E-state index in [-0.39, 0.29) is 17.5 Å². The van der Waals surface area contributed by atoms with Gasteiger partial charge in [0.05, 0.1) is 12.9 Å². The number of hydrogen-bond donors (Lipinski definition) is 1. The molecule has 33 heavy (non-hydrogen) atoms. The van der Waals surface area contributed by atoms with Crippen LogP contribution in [0, 0.1) is 5.82 Å². The SMILES string of the molecule is COc1ccc(N2CCN(c3ccnc(SCC(=O)NCc4ccc(F)cc4)n3)CC2)cc1. The van der Waals surface area contributed by atoms with Crippen LogP contribution in [0.2, 0.25) is 0 Å². The molecule has 0 aliphatic carbocycles. The summed E-state index contributed by atoms with van der Waals surface area (Å²) < 4.78 is 18.2. The minimum absolute atomic E-state index is 0.119. The molecule has 1 aromatic heterocycles. The van der Waals surface area contributed by atoms with E-state index in [2.05, 4.69) is 37.2 Å². The van der Waals surface area contributed by atoms with Crippen LogP contribution in [0.5, 0.6) is 5.75 Å². The molecule has 0 atom stereocenters. The Morgan fingerprint density at radius 3 is 2.42 bits per heavy atom. The number of piperazine rings is 1. The molecule has 1 N–H and O–H groups in total. The van der Waals surface area contributed by atoms with Crippen LogP contribution in [0.15, 0.2) is 66.0 Å². The zero-order valence-corrected chi connectivity index (χ0v) is 19.2. The summed E-state index contributed by atoms with van der Waals surface area (Å²) in [6.45, 7) is 3.85. The van der Waals surface area contributed by atoms with Crippen molar-refractivity contribution in [3.8, 4) is 5.75 Å². The second kappa shape index (κ2) is 11.0. The fourth-order valence-electron chi connectivity index (χ4n) is 3.55. The maximum absolute atomic E-state index is 13.0. The van der Waals surface area contributed by atoms with E-state index in [1.807, 2.05) is 18.2 Å². The number of thioether (sulfide) groups is 1. The number of halogens is 1. The fourth-order valence-corrected chi connectivity index (χ4v) is 4.20. The Labute approximate surface area is 197 Å². The number of hydrogen-bond acceptors (Lipinski definition) is 7. The molecule has 0 saturated carbocycles. The Bertz CT molecular complexity index is 1060. The Hall–Kier alpha value is -3.33. The van der Waals surface area contributed by atoms with E-state index >= 15 is 0 Å². The van der Waals surface area contributed by atoms with Crippen molar-refractivity contribution in [1.82, 2.24) is 15.3 Å². The molecule has 3 aromatic rings. The predicted octanol–water partition coefficient (Wildman–Crippen LogP) is 3.36. The highest BCUT2D eigenvalue weighted by atomic mass is 32.2. The summed E-state index contributed by atoms with van der Waals surface area (Å²) in [4.78, 5) is 25.7. The third kappa shape index (κ3) is 6.35. The van der Waals surface area contributed by atoms with Crippen molar-refractivity contribution in [2.24, 2.45) is 0 Å². The first-order valence-corrected chi connectivity index (χ1v) is 11.7. The monoisotopic (exact) mass is 467 g/mol. The predicted molar refractivity (Wildman–Crippen MR) is 128 cm³/mol. The van der Waals surface area contributed by atoms with Crippen LogP contribution in [0.25, 0.3) is 0 Å². The van der Waals surface area contributed by atoms with Crippen LogP contribution in [-0.4, -0.2) is 54.9 Å². The van der Waals surface area contributed by atoms with Gasteiger partial charge in [-0.1, -0.05) is 23.9 Å². The summed E-state index contributed by atoms with van der Waals surface area (Å²) in [6, 6.07) is 16.1. The first-order valence-electron chi connectivity index (χ1n) is 10.7. The van der Waals surface area contributed by atoms with E-state index in [0.717, 1.165) is 43.3 Å². The highest BCUT2D eigenvalue weighted by Crippen LogP contribution is 2.23. The van der Waals surface area contributed by atoms with Crippen LogP contribution >= 0.6 is 11.8 Å². The number of nitrogens with one attached hydrogen (secondary N) is 1. The second-order valence-electron chi connectivity index (χ2n) is 7.56. The topological polar surface area (TPSA) is 70.6 Å². The summed E-state index contributed by atoms with van der Waals surface area (Å²) in [5, 5.41) is 3.40. The van der Waals surface area contributed by atoms with Gasteiger partial charge in [0.15, 0.2) is 5.16 Å². The fraction of sp³-hybridized carbons (Fsp3) is 0.292. The molecule has 0 radical (unpaired) electrons. The molecule has 0 bridgehead atoms. The Balaban J connectivity index is 1.25. The van der Waals surface area contributed by atoms with Crippen molar-refractivity contribution >= 4 is 29.2 Å². The van der Waals surface area contributed by atoms with Gasteiger partial charge in [-0.3, -0.25) is 4.79 Å². The van der Waals surface area contributed by atoms with E-state index in [1.54, 1.807) is 25.4 Å². The minimum Gasteiger partial charge on any atom is -0.497 e. The van der Waals surface area contributed by atoms with Crippen LogP contribution in [0.4, 0.5) is 15.9 Å². The van der Waals surface area contributed by atoms with Crippen molar-refractivity contribution in [2.45, 2.75) is 11.7 Å². The third-order valence-corrected chi connectivity index (χ3v) is 6.26.